The molecular formula is C21H25N3O3. The van der Waals surface area contributed by atoms with E-state index in [9.17, 15) is 9.59 Å². The zero-order valence-corrected chi connectivity index (χ0v) is 15.6. The summed E-state index contributed by atoms with van der Waals surface area (Å²) >= 11 is 0. The Balaban J connectivity index is 1.53. The molecule has 1 heterocycles. The van der Waals surface area contributed by atoms with Gasteiger partial charge in [-0.05, 0) is 30.2 Å². The molecule has 2 amide bonds. The molecule has 6 nitrogen and oxygen atoms in total. The van der Waals surface area contributed by atoms with Crippen LogP contribution in [0, 0.1) is 6.92 Å². The fourth-order valence-corrected chi connectivity index (χ4v) is 3.12. The number of nitrogens with zero attached hydrogens (tertiary/aromatic N) is 2. The number of primary amides is 1. The monoisotopic (exact) mass is 367 g/mol. The van der Waals surface area contributed by atoms with Gasteiger partial charge in [0, 0.05) is 26.2 Å². The summed E-state index contributed by atoms with van der Waals surface area (Å²) in [5.74, 6) is 0.245. The minimum absolute atomic E-state index is 0.139. The van der Waals surface area contributed by atoms with Crippen LogP contribution in [-0.2, 0) is 22.7 Å². The number of piperazine rings is 1. The highest BCUT2D eigenvalue weighted by Gasteiger charge is 2.24. The summed E-state index contributed by atoms with van der Waals surface area (Å²) in [4.78, 5) is 27.4. The van der Waals surface area contributed by atoms with Gasteiger partial charge in [0.25, 0.3) is 5.91 Å². The standard InChI is InChI=1S/C21H25N3O3/c1-16-5-7-17(8-6-16)13-24-10-9-23(14-21(24)26)12-18-3-2-4-19(11-18)27-15-20(22)25/h2-8,11H,9-10,12-15H2,1H3,(H2,22,25). The molecule has 0 aromatic heterocycles. The van der Waals surface area contributed by atoms with Crippen molar-refractivity contribution in [3.05, 3.63) is 65.2 Å². The molecule has 1 aliphatic rings. The fraction of sp³-hybridized carbons (Fsp3) is 0.333. The molecule has 2 aromatic rings. The van der Waals surface area contributed by atoms with E-state index in [0.29, 0.717) is 31.9 Å². The van der Waals surface area contributed by atoms with Crippen molar-refractivity contribution in [3.63, 3.8) is 0 Å². The summed E-state index contributed by atoms with van der Waals surface area (Å²) in [7, 11) is 0. The van der Waals surface area contributed by atoms with E-state index in [1.165, 1.54) is 5.56 Å². The number of rotatable bonds is 7. The van der Waals surface area contributed by atoms with Crippen LogP contribution in [-0.4, -0.2) is 47.9 Å². The quantitative estimate of drug-likeness (QED) is 0.808. The Labute approximate surface area is 159 Å². The molecule has 6 heteroatoms. The van der Waals surface area contributed by atoms with Gasteiger partial charge in [-0.25, -0.2) is 0 Å². The van der Waals surface area contributed by atoms with Crippen molar-refractivity contribution in [2.75, 3.05) is 26.2 Å². The van der Waals surface area contributed by atoms with Crippen molar-refractivity contribution in [2.45, 2.75) is 20.0 Å². The molecule has 0 radical (unpaired) electrons. The highest BCUT2D eigenvalue weighted by molar-refractivity contribution is 5.79. The Morgan fingerprint density at radius 3 is 2.56 bits per heavy atom. The van der Waals surface area contributed by atoms with E-state index < -0.39 is 5.91 Å². The lowest BCUT2D eigenvalue weighted by Crippen LogP contribution is -2.49. The molecule has 2 N–H and O–H groups in total. The number of amides is 2. The lowest BCUT2D eigenvalue weighted by Gasteiger charge is -2.34. The molecular weight excluding hydrogens is 342 g/mol. The van der Waals surface area contributed by atoms with Crippen LogP contribution in [0.4, 0.5) is 0 Å². The first kappa shape index (κ1) is 18.9. The number of hydrogen-bond donors (Lipinski definition) is 1. The van der Waals surface area contributed by atoms with Gasteiger partial charge in [-0.15, -0.1) is 0 Å². The summed E-state index contributed by atoms with van der Waals surface area (Å²) in [5.41, 5.74) is 8.52. The first-order valence-corrected chi connectivity index (χ1v) is 9.05. The Hall–Kier alpha value is -2.86. The predicted octanol–water partition coefficient (Wildman–Crippen LogP) is 1.70. The molecule has 2 aromatic carbocycles. The fourth-order valence-electron chi connectivity index (χ4n) is 3.12. The number of hydrogen-bond acceptors (Lipinski definition) is 4. The molecule has 1 fully saturated rings. The Bertz CT molecular complexity index is 805. The molecule has 0 unspecified atom stereocenters. The minimum Gasteiger partial charge on any atom is -0.484 e. The van der Waals surface area contributed by atoms with Crippen molar-refractivity contribution in [2.24, 2.45) is 5.73 Å². The van der Waals surface area contributed by atoms with Gasteiger partial charge in [0.1, 0.15) is 5.75 Å². The molecule has 142 valence electrons. The summed E-state index contributed by atoms with van der Waals surface area (Å²) in [5, 5.41) is 0. The molecule has 0 aliphatic carbocycles. The van der Waals surface area contributed by atoms with Gasteiger partial charge in [-0.2, -0.15) is 0 Å². The second-order valence-corrected chi connectivity index (χ2v) is 6.91. The minimum atomic E-state index is -0.504. The molecule has 0 spiro atoms. The first-order chi connectivity index (χ1) is 13.0. The van der Waals surface area contributed by atoms with Gasteiger partial charge < -0.3 is 15.4 Å². The van der Waals surface area contributed by atoms with E-state index in [4.69, 9.17) is 10.5 Å². The summed E-state index contributed by atoms with van der Waals surface area (Å²) < 4.78 is 5.34. The summed E-state index contributed by atoms with van der Waals surface area (Å²) in [6.45, 7) is 5.18. The normalized spacial score (nSPS) is 15.0. The number of aryl methyl sites for hydroxylation is 1. The SMILES string of the molecule is Cc1ccc(CN2CCN(Cc3cccc(OCC(N)=O)c3)CC2=O)cc1. The summed E-state index contributed by atoms with van der Waals surface area (Å²) in [6.07, 6.45) is 0. The van der Waals surface area contributed by atoms with Crippen LogP contribution in [0.3, 0.4) is 0 Å². The van der Waals surface area contributed by atoms with Gasteiger partial charge in [0.2, 0.25) is 5.91 Å². The first-order valence-electron chi connectivity index (χ1n) is 9.05. The zero-order valence-electron chi connectivity index (χ0n) is 15.6. The van der Waals surface area contributed by atoms with E-state index in [1.54, 1.807) is 6.07 Å². The van der Waals surface area contributed by atoms with E-state index in [0.717, 1.165) is 17.7 Å². The number of carbonyl (C=O) groups is 2. The summed E-state index contributed by atoms with van der Waals surface area (Å²) in [6, 6.07) is 15.8. The third kappa shape index (κ3) is 5.56. The predicted molar refractivity (Wildman–Crippen MR) is 103 cm³/mol. The highest BCUT2D eigenvalue weighted by Crippen LogP contribution is 2.17. The molecule has 0 saturated carbocycles. The van der Waals surface area contributed by atoms with Gasteiger partial charge in [0.05, 0.1) is 6.54 Å². The maximum absolute atomic E-state index is 12.5. The van der Waals surface area contributed by atoms with Crippen LogP contribution in [0.2, 0.25) is 0 Å². The molecule has 1 saturated heterocycles. The largest absolute Gasteiger partial charge is 0.484 e. The van der Waals surface area contributed by atoms with Crippen molar-refractivity contribution in [1.29, 1.82) is 0 Å². The van der Waals surface area contributed by atoms with Crippen LogP contribution < -0.4 is 10.5 Å². The Morgan fingerprint density at radius 1 is 1.07 bits per heavy atom. The van der Waals surface area contributed by atoms with Gasteiger partial charge in [0.15, 0.2) is 6.61 Å². The van der Waals surface area contributed by atoms with Gasteiger partial charge in [-0.3, -0.25) is 14.5 Å². The maximum atomic E-state index is 12.5. The molecule has 27 heavy (non-hydrogen) atoms. The molecule has 3 rings (SSSR count). The zero-order chi connectivity index (χ0) is 19.2. The highest BCUT2D eigenvalue weighted by atomic mass is 16.5. The van der Waals surface area contributed by atoms with Gasteiger partial charge in [-0.1, -0.05) is 42.0 Å². The number of ether oxygens (including phenoxy) is 1. The van der Waals surface area contributed by atoms with Crippen LogP contribution in [0.15, 0.2) is 48.5 Å². The third-order valence-electron chi connectivity index (χ3n) is 4.58. The van der Waals surface area contributed by atoms with E-state index in [-0.39, 0.29) is 12.5 Å². The topological polar surface area (TPSA) is 75.9 Å². The third-order valence-corrected chi connectivity index (χ3v) is 4.58. The van der Waals surface area contributed by atoms with Crippen molar-refractivity contribution >= 4 is 11.8 Å². The smallest absolute Gasteiger partial charge is 0.255 e. The Kier molecular flexibility index (Phi) is 6.08. The second kappa shape index (κ2) is 8.68. The van der Waals surface area contributed by atoms with Gasteiger partial charge >= 0.3 is 0 Å². The van der Waals surface area contributed by atoms with Crippen LogP contribution in [0.1, 0.15) is 16.7 Å². The number of benzene rings is 2. The average Bonchev–Trinajstić information content (AvgIpc) is 2.64. The molecule has 0 atom stereocenters. The van der Waals surface area contributed by atoms with Crippen molar-refractivity contribution in [3.8, 4) is 5.75 Å². The van der Waals surface area contributed by atoms with E-state index >= 15 is 0 Å². The number of nitrogens with two attached hydrogens (primary N) is 1. The van der Waals surface area contributed by atoms with Crippen molar-refractivity contribution in [1.82, 2.24) is 9.80 Å². The van der Waals surface area contributed by atoms with Crippen LogP contribution in [0.25, 0.3) is 0 Å². The van der Waals surface area contributed by atoms with E-state index in [1.807, 2.05) is 23.1 Å². The van der Waals surface area contributed by atoms with Crippen LogP contribution in [0.5, 0.6) is 5.75 Å². The average molecular weight is 367 g/mol. The number of carbonyl (C=O) groups excluding carboxylic acids is 2. The molecule has 0 bridgehead atoms. The second-order valence-electron chi connectivity index (χ2n) is 6.91. The van der Waals surface area contributed by atoms with Crippen molar-refractivity contribution < 1.29 is 14.3 Å². The maximum Gasteiger partial charge on any atom is 0.255 e. The Morgan fingerprint density at radius 2 is 1.85 bits per heavy atom. The molecule has 1 aliphatic heterocycles. The lowest BCUT2D eigenvalue weighted by molar-refractivity contribution is -0.136. The van der Waals surface area contributed by atoms with Crippen LogP contribution >= 0.6 is 0 Å². The van der Waals surface area contributed by atoms with E-state index in [2.05, 4.69) is 36.1 Å². The lowest BCUT2D eigenvalue weighted by atomic mass is 10.1.